The summed E-state index contributed by atoms with van der Waals surface area (Å²) in [5.41, 5.74) is 1.40. The van der Waals surface area contributed by atoms with Crippen LogP contribution < -0.4 is 0 Å². The summed E-state index contributed by atoms with van der Waals surface area (Å²) in [4.78, 5) is 0. The zero-order valence-corrected chi connectivity index (χ0v) is 4.12. The molecule has 0 radical (unpaired) electrons. The standard InChI is InChI=1S/C5H8O/c1-4-3-5(4)6-2/h3H2,1-2H3. The van der Waals surface area contributed by atoms with E-state index in [1.165, 1.54) is 11.3 Å². The lowest BCUT2D eigenvalue weighted by Gasteiger charge is -1.80. The Morgan fingerprint density at radius 3 is 2.17 bits per heavy atom. The molecule has 0 N–H and O–H groups in total. The van der Waals surface area contributed by atoms with Crippen molar-refractivity contribution < 1.29 is 4.74 Å². The fourth-order valence-electron chi connectivity index (χ4n) is 0.443. The van der Waals surface area contributed by atoms with Crippen LogP contribution in [0.2, 0.25) is 0 Å². The first-order valence-corrected chi connectivity index (χ1v) is 2.07. The summed E-state index contributed by atoms with van der Waals surface area (Å²) < 4.78 is 4.85. The van der Waals surface area contributed by atoms with Crippen molar-refractivity contribution in [2.45, 2.75) is 13.3 Å². The van der Waals surface area contributed by atoms with Gasteiger partial charge in [-0.15, -0.1) is 0 Å². The molecule has 0 saturated heterocycles. The molecule has 1 aliphatic rings. The van der Waals surface area contributed by atoms with E-state index in [1.807, 2.05) is 0 Å². The molecule has 1 nitrogen and oxygen atoms in total. The zero-order valence-electron chi connectivity index (χ0n) is 4.12. The fraction of sp³-hybridized carbons (Fsp3) is 0.600. The van der Waals surface area contributed by atoms with Crippen molar-refractivity contribution in [3.63, 3.8) is 0 Å². The molecular weight excluding hydrogens is 76.1 g/mol. The highest BCUT2D eigenvalue weighted by Crippen LogP contribution is 2.29. The lowest BCUT2D eigenvalue weighted by Crippen LogP contribution is -1.62. The van der Waals surface area contributed by atoms with E-state index in [1.54, 1.807) is 7.11 Å². The maximum absolute atomic E-state index is 4.85. The van der Waals surface area contributed by atoms with Gasteiger partial charge in [-0.2, -0.15) is 0 Å². The van der Waals surface area contributed by atoms with E-state index in [0.717, 1.165) is 6.42 Å². The van der Waals surface area contributed by atoms with Crippen LogP contribution in [0.25, 0.3) is 0 Å². The molecule has 0 unspecified atom stereocenters. The summed E-state index contributed by atoms with van der Waals surface area (Å²) in [6.45, 7) is 2.08. The van der Waals surface area contributed by atoms with Crippen molar-refractivity contribution in [2.24, 2.45) is 0 Å². The van der Waals surface area contributed by atoms with Gasteiger partial charge in [0, 0.05) is 6.42 Å². The van der Waals surface area contributed by atoms with Crippen molar-refractivity contribution in [3.05, 3.63) is 11.3 Å². The van der Waals surface area contributed by atoms with Crippen LogP contribution in [0.4, 0.5) is 0 Å². The normalized spacial score (nSPS) is 18.3. The van der Waals surface area contributed by atoms with E-state index in [2.05, 4.69) is 6.92 Å². The second kappa shape index (κ2) is 1.00. The highest BCUT2D eigenvalue weighted by molar-refractivity contribution is 5.26. The van der Waals surface area contributed by atoms with E-state index in [4.69, 9.17) is 4.74 Å². The lowest BCUT2D eigenvalue weighted by molar-refractivity contribution is 0.309. The largest absolute Gasteiger partial charge is 0.501 e. The molecule has 0 aromatic heterocycles. The zero-order chi connectivity index (χ0) is 4.57. The Balaban J connectivity index is 2.38. The first-order valence-electron chi connectivity index (χ1n) is 2.07. The number of hydrogen-bond donors (Lipinski definition) is 0. The first kappa shape index (κ1) is 3.72. The Bertz CT molecular complexity index is 92.1. The Morgan fingerprint density at radius 1 is 1.67 bits per heavy atom. The predicted octanol–water partition coefficient (Wildman–Crippen LogP) is 1.31. The molecule has 0 bridgehead atoms. The minimum atomic E-state index is 1.11. The van der Waals surface area contributed by atoms with Gasteiger partial charge in [-0.1, -0.05) is 0 Å². The summed E-state index contributed by atoms with van der Waals surface area (Å²) in [5.74, 6) is 1.18. The Labute approximate surface area is 37.6 Å². The van der Waals surface area contributed by atoms with Crippen LogP contribution in [0.3, 0.4) is 0 Å². The number of hydrogen-bond acceptors (Lipinski definition) is 1. The highest BCUT2D eigenvalue weighted by atomic mass is 16.5. The van der Waals surface area contributed by atoms with Gasteiger partial charge in [-0.05, 0) is 12.5 Å². The number of methoxy groups -OCH3 is 1. The van der Waals surface area contributed by atoms with Crippen LogP contribution in [0.5, 0.6) is 0 Å². The van der Waals surface area contributed by atoms with E-state index < -0.39 is 0 Å². The van der Waals surface area contributed by atoms with Gasteiger partial charge in [-0.3, -0.25) is 0 Å². The molecule has 0 aliphatic heterocycles. The maximum atomic E-state index is 4.85. The topological polar surface area (TPSA) is 9.23 Å². The van der Waals surface area contributed by atoms with Gasteiger partial charge in [0.2, 0.25) is 0 Å². The summed E-state index contributed by atoms with van der Waals surface area (Å²) in [6.07, 6.45) is 1.11. The van der Waals surface area contributed by atoms with E-state index >= 15 is 0 Å². The molecule has 0 atom stereocenters. The van der Waals surface area contributed by atoms with Crippen molar-refractivity contribution >= 4 is 0 Å². The van der Waals surface area contributed by atoms with Gasteiger partial charge in [0.1, 0.15) is 0 Å². The predicted molar refractivity (Wildman–Crippen MR) is 24.3 cm³/mol. The Hall–Kier alpha value is -0.460. The van der Waals surface area contributed by atoms with Crippen LogP contribution in [0.1, 0.15) is 13.3 Å². The van der Waals surface area contributed by atoms with Gasteiger partial charge in [0.15, 0.2) is 0 Å². The summed E-state index contributed by atoms with van der Waals surface area (Å²) in [5, 5.41) is 0. The SMILES string of the molecule is COC1=C(C)C1. The van der Waals surface area contributed by atoms with E-state index in [0.29, 0.717) is 0 Å². The third-order valence-electron chi connectivity index (χ3n) is 1.02. The van der Waals surface area contributed by atoms with Gasteiger partial charge >= 0.3 is 0 Å². The third kappa shape index (κ3) is 0.402. The molecule has 1 heteroatoms. The van der Waals surface area contributed by atoms with Crippen LogP contribution >= 0.6 is 0 Å². The molecule has 6 heavy (non-hydrogen) atoms. The van der Waals surface area contributed by atoms with E-state index in [9.17, 15) is 0 Å². The number of allylic oxidation sites excluding steroid dienone is 2. The molecule has 0 saturated carbocycles. The molecule has 34 valence electrons. The second-order valence-corrected chi connectivity index (χ2v) is 1.58. The van der Waals surface area contributed by atoms with Crippen molar-refractivity contribution in [1.29, 1.82) is 0 Å². The Kier molecular flexibility index (Phi) is 0.621. The van der Waals surface area contributed by atoms with Crippen LogP contribution in [-0.4, -0.2) is 7.11 Å². The monoisotopic (exact) mass is 84.1 g/mol. The highest BCUT2D eigenvalue weighted by Gasteiger charge is 2.15. The second-order valence-electron chi connectivity index (χ2n) is 1.58. The minimum absolute atomic E-state index is 1.11. The van der Waals surface area contributed by atoms with Crippen LogP contribution in [0, 0.1) is 0 Å². The molecule has 0 aromatic carbocycles. The van der Waals surface area contributed by atoms with Gasteiger partial charge in [0.25, 0.3) is 0 Å². The van der Waals surface area contributed by atoms with Crippen molar-refractivity contribution in [2.75, 3.05) is 7.11 Å². The fourth-order valence-corrected chi connectivity index (χ4v) is 0.443. The third-order valence-corrected chi connectivity index (χ3v) is 1.02. The Morgan fingerprint density at radius 2 is 2.17 bits per heavy atom. The van der Waals surface area contributed by atoms with Crippen LogP contribution in [0.15, 0.2) is 11.3 Å². The molecule has 0 heterocycles. The summed E-state index contributed by atoms with van der Waals surface area (Å²) in [6, 6.07) is 0. The smallest absolute Gasteiger partial charge is 0.0990 e. The van der Waals surface area contributed by atoms with Crippen molar-refractivity contribution in [1.82, 2.24) is 0 Å². The molecule has 0 amide bonds. The molecule has 0 spiro atoms. The summed E-state index contributed by atoms with van der Waals surface area (Å²) in [7, 11) is 1.71. The average molecular weight is 84.1 g/mol. The molecule has 1 rings (SSSR count). The molecule has 0 fully saturated rings. The maximum Gasteiger partial charge on any atom is 0.0990 e. The number of rotatable bonds is 1. The minimum Gasteiger partial charge on any atom is -0.501 e. The molecule has 1 aliphatic carbocycles. The quantitative estimate of drug-likeness (QED) is 0.465. The van der Waals surface area contributed by atoms with Gasteiger partial charge < -0.3 is 4.74 Å². The summed E-state index contributed by atoms with van der Waals surface area (Å²) >= 11 is 0. The van der Waals surface area contributed by atoms with E-state index in [-0.39, 0.29) is 0 Å². The van der Waals surface area contributed by atoms with Gasteiger partial charge in [0.05, 0.1) is 12.9 Å². The van der Waals surface area contributed by atoms with Crippen molar-refractivity contribution in [3.8, 4) is 0 Å². The first-order chi connectivity index (χ1) is 2.84. The molecule has 0 aromatic rings. The van der Waals surface area contributed by atoms with Gasteiger partial charge in [-0.25, -0.2) is 0 Å². The van der Waals surface area contributed by atoms with Crippen LogP contribution in [-0.2, 0) is 4.74 Å². The number of ether oxygens (including phenoxy) is 1. The average Bonchev–Trinajstić information content (AvgIpc) is 2.19. The lowest BCUT2D eigenvalue weighted by atomic mass is 10.6. The molecular formula is C5H8O.